The molecule has 4 heteroatoms. The van der Waals surface area contributed by atoms with Crippen molar-refractivity contribution in [2.45, 2.75) is 19.8 Å². The van der Waals surface area contributed by atoms with Gasteiger partial charge in [-0.15, -0.1) is 0 Å². The zero-order chi connectivity index (χ0) is 33.9. The molecule has 9 aromatic rings. The van der Waals surface area contributed by atoms with Crippen LogP contribution in [0.5, 0.6) is 0 Å². The van der Waals surface area contributed by atoms with Crippen LogP contribution in [0.1, 0.15) is 29.1 Å². The van der Waals surface area contributed by atoms with Crippen molar-refractivity contribution in [3.05, 3.63) is 174 Å². The summed E-state index contributed by atoms with van der Waals surface area (Å²) >= 11 is 0. The SMILES string of the molecule is Cc1c(-c2ccccc2)nc(C2=CCCc3c2oc2ccccc32)nc1-c1ccc(-c2cccc3c2oc2c(-c4ccccc4)cccc23)cc1. The molecular formula is C47H32N2O2. The maximum absolute atomic E-state index is 6.72. The summed E-state index contributed by atoms with van der Waals surface area (Å²) in [7, 11) is 0. The number of benzene rings is 6. The lowest BCUT2D eigenvalue weighted by molar-refractivity contribution is 0.590. The minimum Gasteiger partial charge on any atom is -0.456 e. The third kappa shape index (κ3) is 4.83. The van der Waals surface area contributed by atoms with Gasteiger partial charge in [0.1, 0.15) is 22.5 Å². The van der Waals surface area contributed by atoms with Crippen molar-refractivity contribution in [2.24, 2.45) is 0 Å². The summed E-state index contributed by atoms with van der Waals surface area (Å²) in [4.78, 5) is 10.5. The first-order chi connectivity index (χ1) is 25.2. The Kier molecular flexibility index (Phi) is 6.81. The minimum atomic E-state index is 0.680. The molecule has 0 saturated heterocycles. The molecule has 3 aromatic heterocycles. The van der Waals surface area contributed by atoms with Crippen LogP contribution in [-0.2, 0) is 6.42 Å². The van der Waals surface area contributed by atoms with Crippen LogP contribution in [-0.4, -0.2) is 9.97 Å². The van der Waals surface area contributed by atoms with Gasteiger partial charge in [0.25, 0.3) is 0 Å². The topological polar surface area (TPSA) is 52.1 Å². The van der Waals surface area contributed by atoms with Gasteiger partial charge in [0.05, 0.1) is 17.0 Å². The molecule has 0 N–H and O–H groups in total. The van der Waals surface area contributed by atoms with Crippen molar-refractivity contribution in [3.63, 3.8) is 0 Å². The van der Waals surface area contributed by atoms with Crippen molar-refractivity contribution in [3.8, 4) is 44.8 Å². The standard InChI is InChI=1S/C47H32N2O2/c1-29-42(32-15-6-3-7-16-32)48-47(40-23-12-20-37-36-17-8-9-24-41(36)50-46(37)40)49-43(29)33-27-25-31(26-28-33)35-19-11-22-39-38-21-10-18-34(44(38)51-45(35)39)30-13-4-2-5-14-30/h2-11,13-19,21-28H,12,20H2,1H3. The fraction of sp³-hybridized carbons (Fsp3) is 0.0638. The lowest BCUT2D eigenvalue weighted by Crippen LogP contribution is -2.06. The molecule has 1 aliphatic carbocycles. The molecule has 0 saturated carbocycles. The number of rotatable bonds is 5. The van der Waals surface area contributed by atoms with Crippen molar-refractivity contribution >= 4 is 38.5 Å². The number of allylic oxidation sites excluding steroid dienone is 1. The van der Waals surface area contributed by atoms with Crippen molar-refractivity contribution in [1.82, 2.24) is 9.97 Å². The highest BCUT2D eigenvalue weighted by atomic mass is 16.3. The zero-order valence-corrected chi connectivity index (χ0v) is 28.1. The minimum absolute atomic E-state index is 0.680. The fourth-order valence-corrected chi connectivity index (χ4v) is 7.71. The van der Waals surface area contributed by atoms with E-state index in [1.54, 1.807) is 0 Å². The molecule has 51 heavy (non-hydrogen) atoms. The molecule has 0 amide bonds. The van der Waals surface area contributed by atoms with Gasteiger partial charge in [0.2, 0.25) is 0 Å². The molecular weight excluding hydrogens is 625 g/mol. The molecule has 242 valence electrons. The van der Waals surface area contributed by atoms with E-state index in [9.17, 15) is 0 Å². The van der Waals surface area contributed by atoms with Crippen LogP contribution >= 0.6 is 0 Å². The third-order valence-electron chi connectivity index (χ3n) is 10.2. The highest BCUT2D eigenvalue weighted by molar-refractivity contribution is 6.13. The largest absolute Gasteiger partial charge is 0.456 e. The molecule has 0 radical (unpaired) electrons. The predicted octanol–water partition coefficient (Wildman–Crippen LogP) is 12.5. The lowest BCUT2D eigenvalue weighted by atomic mass is 9.94. The van der Waals surface area contributed by atoms with Crippen LogP contribution in [0.25, 0.3) is 83.2 Å². The molecule has 0 atom stereocenters. The summed E-state index contributed by atoms with van der Waals surface area (Å²) < 4.78 is 13.2. The van der Waals surface area contributed by atoms with Gasteiger partial charge in [-0.05, 0) is 37.0 Å². The number of fused-ring (bicyclic) bond motifs is 6. The fourth-order valence-electron chi connectivity index (χ4n) is 7.71. The van der Waals surface area contributed by atoms with Crippen molar-refractivity contribution in [1.29, 1.82) is 0 Å². The van der Waals surface area contributed by atoms with Crippen LogP contribution in [0.3, 0.4) is 0 Å². The average molecular weight is 657 g/mol. The van der Waals surface area contributed by atoms with Crippen molar-refractivity contribution < 1.29 is 8.83 Å². The first-order valence-corrected chi connectivity index (χ1v) is 17.5. The average Bonchev–Trinajstić information content (AvgIpc) is 3.78. The molecule has 6 aromatic carbocycles. The second kappa shape index (κ2) is 11.8. The zero-order valence-electron chi connectivity index (χ0n) is 28.1. The summed E-state index contributed by atoms with van der Waals surface area (Å²) in [5.74, 6) is 1.56. The van der Waals surface area contributed by atoms with Crippen LogP contribution in [0, 0.1) is 6.92 Å². The number of furan rings is 2. The Hall–Kier alpha value is -6.52. The van der Waals surface area contributed by atoms with Crippen molar-refractivity contribution in [2.75, 3.05) is 0 Å². The number of hydrogen-bond donors (Lipinski definition) is 0. The van der Waals surface area contributed by atoms with Crippen LogP contribution in [0.4, 0.5) is 0 Å². The quantitative estimate of drug-likeness (QED) is 0.185. The van der Waals surface area contributed by atoms with Gasteiger partial charge >= 0.3 is 0 Å². The van der Waals surface area contributed by atoms with Gasteiger partial charge in [-0.25, -0.2) is 9.97 Å². The Morgan fingerprint density at radius 2 is 1.02 bits per heavy atom. The predicted molar refractivity (Wildman–Crippen MR) is 207 cm³/mol. The number of aromatic nitrogens is 2. The molecule has 3 heterocycles. The second-order valence-electron chi connectivity index (χ2n) is 13.2. The molecule has 10 rings (SSSR count). The van der Waals surface area contributed by atoms with E-state index >= 15 is 0 Å². The number of aryl methyl sites for hydroxylation is 1. The Morgan fingerprint density at radius 1 is 0.490 bits per heavy atom. The van der Waals surface area contributed by atoms with E-state index in [1.807, 2.05) is 24.3 Å². The Balaban J connectivity index is 1.10. The molecule has 0 bridgehead atoms. The molecule has 0 unspecified atom stereocenters. The third-order valence-corrected chi connectivity index (χ3v) is 10.2. The first-order valence-electron chi connectivity index (χ1n) is 17.5. The van der Waals surface area contributed by atoms with E-state index in [4.69, 9.17) is 18.8 Å². The first kappa shape index (κ1) is 29.4. The lowest BCUT2D eigenvalue weighted by Gasteiger charge is -2.17. The number of nitrogens with zero attached hydrogens (tertiary/aromatic N) is 2. The summed E-state index contributed by atoms with van der Waals surface area (Å²) in [6.07, 6.45) is 4.08. The van der Waals surface area contributed by atoms with Gasteiger partial charge in [-0.2, -0.15) is 0 Å². The van der Waals surface area contributed by atoms with E-state index in [2.05, 4.69) is 134 Å². The highest BCUT2D eigenvalue weighted by Crippen LogP contribution is 2.42. The number of hydrogen-bond acceptors (Lipinski definition) is 4. The van der Waals surface area contributed by atoms with E-state index in [0.717, 1.165) is 102 Å². The van der Waals surface area contributed by atoms with E-state index in [0.29, 0.717) is 5.82 Å². The Labute approximate surface area is 295 Å². The summed E-state index contributed by atoms with van der Waals surface area (Å²) in [6.45, 7) is 2.12. The maximum Gasteiger partial charge on any atom is 0.163 e. The van der Waals surface area contributed by atoms with E-state index in [1.165, 1.54) is 10.9 Å². The molecule has 0 spiro atoms. The second-order valence-corrected chi connectivity index (χ2v) is 13.2. The highest BCUT2D eigenvalue weighted by Gasteiger charge is 2.25. The van der Waals surface area contributed by atoms with Crippen LogP contribution in [0.15, 0.2) is 161 Å². The normalized spacial score (nSPS) is 12.8. The summed E-state index contributed by atoms with van der Waals surface area (Å²) in [6, 6.07) is 50.6. The number of para-hydroxylation sites is 3. The maximum atomic E-state index is 6.72. The van der Waals surface area contributed by atoms with E-state index < -0.39 is 0 Å². The van der Waals surface area contributed by atoms with Crippen LogP contribution in [0.2, 0.25) is 0 Å². The Morgan fingerprint density at radius 3 is 1.69 bits per heavy atom. The molecule has 0 fully saturated rings. The van der Waals surface area contributed by atoms with Gasteiger partial charge in [-0.3, -0.25) is 0 Å². The van der Waals surface area contributed by atoms with Crippen LogP contribution < -0.4 is 0 Å². The molecule has 4 nitrogen and oxygen atoms in total. The van der Waals surface area contributed by atoms with Gasteiger partial charge in [0, 0.05) is 49.5 Å². The molecule has 0 aliphatic heterocycles. The van der Waals surface area contributed by atoms with Gasteiger partial charge < -0.3 is 8.83 Å². The summed E-state index contributed by atoms with van der Waals surface area (Å²) in [5.41, 5.74) is 14.2. The van der Waals surface area contributed by atoms with Gasteiger partial charge in [0.15, 0.2) is 5.82 Å². The molecule has 1 aliphatic rings. The summed E-state index contributed by atoms with van der Waals surface area (Å²) in [5, 5.41) is 3.39. The van der Waals surface area contributed by atoms with E-state index in [-0.39, 0.29) is 0 Å². The Bertz CT molecular complexity index is 2790. The van der Waals surface area contributed by atoms with Gasteiger partial charge in [-0.1, -0.05) is 146 Å². The monoisotopic (exact) mass is 656 g/mol. The smallest absolute Gasteiger partial charge is 0.163 e.